The summed E-state index contributed by atoms with van der Waals surface area (Å²) in [5.41, 5.74) is 4.47. The van der Waals surface area contributed by atoms with Gasteiger partial charge in [-0.3, -0.25) is 9.59 Å². The minimum atomic E-state index is -1.10. The van der Waals surface area contributed by atoms with Gasteiger partial charge in [-0.2, -0.15) is 0 Å². The Kier molecular flexibility index (Phi) is 6.95. The van der Waals surface area contributed by atoms with E-state index < -0.39 is 30.6 Å². The van der Waals surface area contributed by atoms with E-state index in [9.17, 15) is 14.4 Å². The Hall–Kier alpha value is -3.35. The van der Waals surface area contributed by atoms with Crippen LogP contribution in [0.2, 0.25) is 0 Å². The van der Waals surface area contributed by atoms with Crippen LogP contribution in [-0.4, -0.2) is 53.2 Å². The van der Waals surface area contributed by atoms with Crippen molar-refractivity contribution in [3.05, 3.63) is 59.7 Å². The SMILES string of the molecule is CCC(C)N(CC(=O)O)C(=O)[C@@H](C)NC(=O)OCC1c2ccccc2-c2ccccc21. The molecule has 0 heterocycles. The maximum absolute atomic E-state index is 12.7. The van der Waals surface area contributed by atoms with E-state index in [0.29, 0.717) is 6.42 Å². The number of carboxylic acid groups (broad SMARTS) is 1. The van der Waals surface area contributed by atoms with E-state index in [1.165, 1.54) is 11.8 Å². The molecule has 0 fully saturated rings. The van der Waals surface area contributed by atoms with Crippen LogP contribution in [0.1, 0.15) is 44.2 Å². The fraction of sp³-hybridized carbons (Fsp3) is 0.375. The number of carboxylic acids is 1. The number of fused-ring (bicyclic) bond motifs is 3. The molecule has 2 atom stereocenters. The molecule has 1 aliphatic rings. The van der Waals surface area contributed by atoms with E-state index in [0.717, 1.165) is 22.3 Å². The molecule has 164 valence electrons. The number of amides is 2. The van der Waals surface area contributed by atoms with Crippen LogP contribution < -0.4 is 5.32 Å². The zero-order chi connectivity index (χ0) is 22.5. The van der Waals surface area contributed by atoms with Crippen LogP contribution in [0.5, 0.6) is 0 Å². The van der Waals surface area contributed by atoms with Gasteiger partial charge in [0.1, 0.15) is 19.2 Å². The molecule has 0 bridgehead atoms. The molecule has 0 saturated carbocycles. The van der Waals surface area contributed by atoms with Crippen LogP contribution in [0.15, 0.2) is 48.5 Å². The quantitative estimate of drug-likeness (QED) is 0.675. The van der Waals surface area contributed by atoms with Gasteiger partial charge in [0.15, 0.2) is 0 Å². The minimum absolute atomic E-state index is 0.0761. The van der Waals surface area contributed by atoms with Crippen LogP contribution in [0.3, 0.4) is 0 Å². The number of ether oxygens (including phenoxy) is 1. The second-order valence-electron chi connectivity index (χ2n) is 7.81. The van der Waals surface area contributed by atoms with Crippen molar-refractivity contribution >= 4 is 18.0 Å². The maximum Gasteiger partial charge on any atom is 0.407 e. The fourth-order valence-electron chi connectivity index (χ4n) is 3.94. The molecule has 7 nitrogen and oxygen atoms in total. The number of nitrogens with zero attached hydrogens (tertiary/aromatic N) is 1. The predicted octanol–water partition coefficient (Wildman–Crippen LogP) is 3.63. The van der Waals surface area contributed by atoms with Gasteiger partial charge in [-0.1, -0.05) is 55.5 Å². The first-order valence-corrected chi connectivity index (χ1v) is 10.5. The highest BCUT2D eigenvalue weighted by Gasteiger charge is 2.30. The number of carbonyl (C=O) groups excluding carboxylic acids is 2. The topological polar surface area (TPSA) is 95.9 Å². The van der Waals surface area contributed by atoms with Crippen molar-refractivity contribution < 1.29 is 24.2 Å². The lowest BCUT2D eigenvalue weighted by atomic mass is 9.98. The molecule has 0 radical (unpaired) electrons. The van der Waals surface area contributed by atoms with Gasteiger partial charge in [-0.15, -0.1) is 0 Å². The van der Waals surface area contributed by atoms with Crippen LogP contribution >= 0.6 is 0 Å². The van der Waals surface area contributed by atoms with Gasteiger partial charge >= 0.3 is 12.1 Å². The molecule has 1 aliphatic carbocycles. The first kappa shape index (κ1) is 22.3. The Morgan fingerprint density at radius 2 is 1.58 bits per heavy atom. The highest BCUT2D eigenvalue weighted by molar-refractivity contribution is 5.88. The molecule has 2 amide bonds. The van der Waals surface area contributed by atoms with E-state index in [1.54, 1.807) is 6.92 Å². The summed E-state index contributed by atoms with van der Waals surface area (Å²) in [4.78, 5) is 37.5. The predicted molar refractivity (Wildman–Crippen MR) is 117 cm³/mol. The van der Waals surface area contributed by atoms with Crippen molar-refractivity contribution in [1.82, 2.24) is 10.2 Å². The zero-order valence-electron chi connectivity index (χ0n) is 18.0. The fourth-order valence-corrected chi connectivity index (χ4v) is 3.94. The van der Waals surface area contributed by atoms with Crippen molar-refractivity contribution in [2.24, 2.45) is 0 Å². The summed E-state index contributed by atoms with van der Waals surface area (Å²) in [5.74, 6) is -1.62. The highest BCUT2D eigenvalue weighted by Crippen LogP contribution is 2.44. The average molecular weight is 424 g/mol. The molecule has 1 unspecified atom stereocenters. The highest BCUT2D eigenvalue weighted by atomic mass is 16.5. The number of carbonyl (C=O) groups is 3. The molecule has 7 heteroatoms. The third kappa shape index (κ3) is 4.87. The minimum Gasteiger partial charge on any atom is -0.480 e. The van der Waals surface area contributed by atoms with E-state index in [-0.39, 0.29) is 18.6 Å². The van der Waals surface area contributed by atoms with Crippen molar-refractivity contribution in [3.8, 4) is 11.1 Å². The number of hydrogen-bond acceptors (Lipinski definition) is 4. The molecule has 0 saturated heterocycles. The largest absolute Gasteiger partial charge is 0.480 e. The summed E-state index contributed by atoms with van der Waals surface area (Å²) in [6.45, 7) is 4.91. The summed E-state index contributed by atoms with van der Waals surface area (Å²) in [7, 11) is 0. The normalized spacial score (nSPS) is 14.2. The third-order valence-corrected chi connectivity index (χ3v) is 5.76. The maximum atomic E-state index is 12.7. The first-order chi connectivity index (χ1) is 14.8. The summed E-state index contributed by atoms with van der Waals surface area (Å²) in [5, 5.41) is 11.6. The van der Waals surface area contributed by atoms with E-state index in [2.05, 4.69) is 17.4 Å². The number of rotatable bonds is 8. The average Bonchev–Trinajstić information content (AvgIpc) is 3.08. The second kappa shape index (κ2) is 9.64. The second-order valence-corrected chi connectivity index (χ2v) is 7.81. The number of hydrogen-bond donors (Lipinski definition) is 2. The molecule has 0 aliphatic heterocycles. The standard InChI is InChI=1S/C24H28N2O5/c1-4-15(2)26(13-22(27)28)23(29)16(3)25-24(30)31-14-21-19-11-7-5-9-17(19)18-10-6-8-12-20(18)21/h5-12,15-16,21H,4,13-14H2,1-3H3,(H,25,30)(H,27,28)/t15?,16-/m1/s1. The van der Waals surface area contributed by atoms with E-state index in [4.69, 9.17) is 9.84 Å². The summed E-state index contributed by atoms with van der Waals surface area (Å²) < 4.78 is 5.47. The van der Waals surface area contributed by atoms with Crippen molar-refractivity contribution in [2.45, 2.75) is 45.2 Å². The summed E-state index contributed by atoms with van der Waals surface area (Å²) in [6, 6.07) is 14.9. The van der Waals surface area contributed by atoms with Crippen LogP contribution in [0, 0.1) is 0 Å². The molecule has 3 rings (SSSR count). The molecular weight excluding hydrogens is 396 g/mol. The zero-order valence-corrected chi connectivity index (χ0v) is 18.0. The lowest BCUT2D eigenvalue weighted by molar-refractivity contribution is -0.146. The Morgan fingerprint density at radius 1 is 1.03 bits per heavy atom. The molecule has 2 aromatic rings. The Morgan fingerprint density at radius 3 is 2.10 bits per heavy atom. The van der Waals surface area contributed by atoms with E-state index >= 15 is 0 Å². The van der Waals surface area contributed by atoms with Gasteiger partial charge in [0.2, 0.25) is 5.91 Å². The molecule has 0 aromatic heterocycles. The van der Waals surface area contributed by atoms with Crippen molar-refractivity contribution in [3.63, 3.8) is 0 Å². The third-order valence-electron chi connectivity index (χ3n) is 5.76. The van der Waals surface area contributed by atoms with Gasteiger partial charge < -0.3 is 20.1 Å². The van der Waals surface area contributed by atoms with Crippen molar-refractivity contribution in [2.75, 3.05) is 13.2 Å². The van der Waals surface area contributed by atoms with Crippen LogP contribution in [0.4, 0.5) is 4.79 Å². The number of nitrogens with one attached hydrogen (secondary N) is 1. The van der Waals surface area contributed by atoms with Gasteiger partial charge in [0.25, 0.3) is 0 Å². The molecule has 2 N–H and O–H groups in total. The number of aliphatic carboxylic acids is 1. The van der Waals surface area contributed by atoms with Crippen LogP contribution in [-0.2, 0) is 14.3 Å². The molecular formula is C24H28N2O5. The molecule has 2 aromatic carbocycles. The van der Waals surface area contributed by atoms with E-state index in [1.807, 2.05) is 43.3 Å². The number of benzene rings is 2. The molecule has 0 spiro atoms. The van der Waals surface area contributed by atoms with Gasteiger partial charge in [-0.05, 0) is 42.5 Å². The monoisotopic (exact) mass is 424 g/mol. The van der Waals surface area contributed by atoms with Gasteiger partial charge in [-0.25, -0.2) is 4.79 Å². The molecule has 31 heavy (non-hydrogen) atoms. The first-order valence-electron chi connectivity index (χ1n) is 10.5. The summed E-state index contributed by atoms with van der Waals surface area (Å²) >= 11 is 0. The lowest BCUT2D eigenvalue weighted by Gasteiger charge is -2.29. The van der Waals surface area contributed by atoms with Crippen molar-refractivity contribution in [1.29, 1.82) is 0 Å². The van der Waals surface area contributed by atoms with Gasteiger partial charge in [0.05, 0.1) is 0 Å². The smallest absolute Gasteiger partial charge is 0.407 e. The Labute approximate surface area is 182 Å². The van der Waals surface area contributed by atoms with Crippen LogP contribution in [0.25, 0.3) is 11.1 Å². The summed E-state index contributed by atoms with van der Waals surface area (Å²) in [6.07, 6.45) is -0.0985. The Bertz CT molecular complexity index is 928. The number of alkyl carbamates (subject to hydrolysis) is 1. The Balaban J connectivity index is 1.64. The van der Waals surface area contributed by atoms with Gasteiger partial charge in [0, 0.05) is 12.0 Å². The lowest BCUT2D eigenvalue weighted by Crippen LogP contribution is -2.51.